The molecule has 5 rings (SSSR count). The van der Waals surface area contributed by atoms with E-state index >= 15 is 0 Å². The van der Waals surface area contributed by atoms with Crippen molar-refractivity contribution in [2.24, 2.45) is 0 Å². The topological polar surface area (TPSA) is 205 Å². The summed E-state index contributed by atoms with van der Waals surface area (Å²) in [5, 5.41) is 14.9. The minimum atomic E-state index is -0.995. The van der Waals surface area contributed by atoms with Crippen molar-refractivity contribution < 1.29 is 33.1 Å². The molecule has 16 heteroatoms. The van der Waals surface area contributed by atoms with Crippen LogP contribution >= 0.6 is 11.3 Å². The molecule has 4 amide bonds. The molecule has 3 heterocycles. The largest absolute Gasteiger partial charge is 0.493 e. The lowest BCUT2D eigenvalue weighted by Gasteiger charge is -2.22. The number of hydrogen-bond donors (Lipinski definition) is 5. The highest BCUT2D eigenvalue weighted by Gasteiger charge is 2.29. The second-order valence-electron chi connectivity index (χ2n) is 8.99. The molecule has 1 unspecified atom stereocenters. The number of nitrogens with one attached hydrogen (secondary N) is 4. The number of rotatable bonds is 9. The Hall–Kier alpha value is -5.38. The molecule has 0 bridgehead atoms. The van der Waals surface area contributed by atoms with E-state index in [0.717, 1.165) is 5.56 Å². The van der Waals surface area contributed by atoms with Crippen molar-refractivity contribution in [2.45, 2.75) is 19.4 Å². The summed E-state index contributed by atoms with van der Waals surface area (Å²) < 4.78 is 21.7. The number of aromatic nitrogens is 3. The molecule has 1 aliphatic rings. The lowest BCUT2D eigenvalue weighted by atomic mass is 10.1. The zero-order chi connectivity index (χ0) is 30.0. The van der Waals surface area contributed by atoms with Gasteiger partial charge in [-0.2, -0.15) is 4.98 Å². The van der Waals surface area contributed by atoms with Crippen molar-refractivity contribution in [3.8, 4) is 39.4 Å². The molecular formula is C26H26N8O7S. The minimum Gasteiger partial charge on any atom is -0.493 e. The predicted octanol–water partition coefficient (Wildman–Crippen LogP) is 3.06. The molecule has 1 fully saturated rings. The molecule has 42 heavy (non-hydrogen) atoms. The number of nitrogens with two attached hydrogens (primary N) is 1. The molecule has 2 aromatic carbocycles. The van der Waals surface area contributed by atoms with Crippen LogP contribution in [0.5, 0.6) is 17.2 Å². The number of ether oxygens (including phenoxy) is 3. The first kappa shape index (κ1) is 28.2. The smallest absolute Gasteiger partial charge is 0.322 e. The van der Waals surface area contributed by atoms with Crippen LogP contribution in [0.2, 0.25) is 0 Å². The number of thiazole rings is 1. The van der Waals surface area contributed by atoms with Gasteiger partial charge in [0.1, 0.15) is 16.7 Å². The Balaban J connectivity index is 1.35. The number of imide groups is 1. The third-order valence-electron chi connectivity index (χ3n) is 6.20. The van der Waals surface area contributed by atoms with Gasteiger partial charge in [-0.1, -0.05) is 22.6 Å². The SMILES string of the molecule is COc1cc(Nc2nc(N)c(-c3nc(-c4cc(NC(=O)C5CC(=O)NC(=O)N5)ccc4C)no3)s2)cc(OC)c1OC. The van der Waals surface area contributed by atoms with Crippen LogP contribution in [0.1, 0.15) is 12.0 Å². The van der Waals surface area contributed by atoms with Gasteiger partial charge < -0.3 is 40.4 Å². The fourth-order valence-electron chi connectivity index (χ4n) is 4.18. The van der Waals surface area contributed by atoms with Crippen LogP contribution < -0.4 is 41.2 Å². The molecular weight excluding hydrogens is 568 g/mol. The van der Waals surface area contributed by atoms with Crippen LogP contribution in [-0.2, 0) is 9.59 Å². The van der Waals surface area contributed by atoms with E-state index in [9.17, 15) is 14.4 Å². The Labute approximate surface area is 242 Å². The molecule has 0 aliphatic carbocycles. The Morgan fingerprint density at radius 1 is 1.07 bits per heavy atom. The van der Waals surface area contributed by atoms with E-state index in [-0.39, 0.29) is 24.0 Å². The van der Waals surface area contributed by atoms with Crippen LogP contribution in [0, 0.1) is 6.92 Å². The standard InChI is InChI=1S/C26H26N8O7S/c1-11-5-6-12(28-23(36)15-10-18(35)31-25(37)30-15)7-14(11)22-33-24(41-34-22)20-21(27)32-26(42-20)29-13-8-16(38-2)19(40-4)17(9-13)39-3/h5-9,15H,10,27H2,1-4H3,(H,28,36)(H,29,32)(H2,30,31,35,37). The normalized spacial score (nSPS) is 14.5. The number of urea groups is 1. The van der Waals surface area contributed by atoms with Gasteiger partial charge in [0, 0.05) is 29.1 Å². The monoisotopic (exact) mass is 594 g/mol. The van der Waals surface area contributed by atoms with Crippen LogP contribution in [0.3, 0.4) is 0 Å². The molecule has 0 saturated carbocycles. The van der Waals surface area contributed by atoms with Crippen LogP contribution in [-0.4, -0.2) is 60.3 Å². The molecule has 4 aromatic rings. The number of anilines is 4. The van der Waals surface area contributed by atoms with E-state index in [1.807, 2.05) is 6.92 Å². The second-order valence-corrected chi connectivity index (χ2v) is 9.99. The van der Waals surface area contributed by atoms with Crippen molar-refractivity contribution in [1.82, 2.24) is 25.8 Å². The summed E-state index contributed by atoms with van der Waals surface area (Å²) in [6, 6.07) is 6.87. The van der Waals surface area contributed by atoms with Crippen LogP contribution in [0.25, 0.3) is 22.2 Å². The first-order chi connectivity index (χ1) is 20.2. The van der Waals surface area contributed by atoms with Gasteiger partial charge in [-0.3, -0.25) is 14.9 Å². The molecule has 6 N–H and O–H groups in total. The van der Waals surface area contributed by atoms with Crippen molar-refractivity contribution in [1.29, 1.82) is 0 Å². The molecule has 218 valence electrons. The Morgan fingerprint density at radius 2 is 1.81 bits per heavy atom. The maximum atomic E-state index is 12.7. The van der Waals surface area contributed by atoms with E-state index in [2.05, 4.69) is 36.4 Å². The van der Waals surface area contributed by atoms with Crippen LogP contribution in [0.4, 0.5) is 27.1 Å². The maximum Gasteiger partial charge on any atom is 0.322 e. The highest BCUT2D eigenvalue weighted by molar-refractivity contribution is 7.19. The fourth-order valence-corrected chi connectivity index (χ4v) is 5.00. The summed E-state index contributed by atoms with van der Waals surface area (Å²) in [6.45, 7) is 1.85. The van der Waals surface area contributed by atoms with E-state index in [0.29, 0.717) is 44.2 Å². The van der Waals surface area contributed by atoms with Crippen molar-refractivity contribution in [3.63, 3.8) is 0 Å². The average Bonchev–Trinajstić information content (AvgIpc) is 3.59. The second kappa shape index (κ2) is 11.6. The van der Waals surface area contributed by atoms with Gasteiger partial charge in [-0.05, 0) is 24.6 Å². The minimum absolute atomic E-state index is 0.155. The van der Waals surface area contributed by atoms with Gasteiger partial charge in [0.2, 0.25) is 23.4 Å². The number of nitrogens with zero attached hydrogens (tertiary/aromatic N) is 3. The van der Waals surface area contributed by atoms with Crippen molar-refractivity contribution >= 4 is 51.5 Å². The average molecular weight is 595 g/mol. The van der Waals surface area contributed by atoms with E-state index < -0.39 is 23.9 Å². The number of aryl methyl sites for hydroxylation is 1. The fraction of sp³-hybridized carbons (Fsp3) is 0.231. The first-order valence-corrected chi connectivity index (χ1v) is 13.2. The Morgan fingerprint density at radius 3 is 2.48 bits per heavy atom. The number of benzene rings is 2. The maximum absolute atomic E-state index is 12.7. The summed E-state index contributed by atoms with van der Waals surface area (Å²) in [4.78, 5) is 45.2. The molecule has 15 nitrogen and oxygen atoms in total. The summed E-state index contributed by atoms with van der Waals surface area (Å²) >= 11 is 1.20. The van der Waals surface area contributed by atoms with E-state index in [1.54, 1.807) is 30.3 Å². The van der Waals surface area contributed by atoms with Gasteiger partial charge in [-0.25, -0.2) is 9.78 Å². The van der Waals surface area contributed by atoms with Gasteiger partial charge in [-0.15, -0.1) is 0 Å². The van der Waals surface area contributed by atoms with Gasteiger partial charge >= 0.3 is 6.03 Å². The Kier molecular flexibility index (Phi) is 7.79. The lowest BCUT2D eigenvalue weighted by Crippen LogP contribution is -2.56. The quantitative estimate of drug-likeness (QED) is 0.190. The summed E-state index contributed by atoms with van der Waals surface area (Å²) in [6.07, 6.45) is -0.169. The number of hydrogen-bond acceptors (Lipinski definition) is 13. The van der Waals surface area contributed by atoms with Gasteiger partial charge in [0.05, 0.1) is 27.8 Å². The zero-order valence-corrected chi connectivity index (χ0v) is 23.7. The van der Waals surface area contributed by atoms with Gasteiger partial charge in [0.15, 0.2) is 16.6 Å². The highest BCUT2D eigenvalue weighted by Crippen LogP contribution is 2.42. The van der Waals surface area contributed by atoms with Crippen molar-refractivity contribution in [2.75, 3.05) is 37.7 Å². The number of carbonyl (C=O) groups excluding carboxylic acids is 3. The summed E-state index contributed by atoms with van der Waals surface area (Å²) in [5.41, 5.74) is 8.63. The molecule has 1 atom stereocenters. The van der Waals surface area contributed by atoms with Crippen molar-refractivity contribution in [3.05, 3.63) is 35.9 Å². The van der Waals surface area contributed by atoms with E-state index in [4.69, 9.17) is 24.5 Å². The Bertz CT molecular complexity index is 1640. The predicted molar refractivity (Wildman–Crippen MR) is 153 cm³/mol. The molecule has 0 radical (unpaired) electrons. The lowest BCUT2D eigenvalue weighted by molar-refractivity contribution is -0.126. The first-order valence-electron chi connectivity index (χ1n) is 12.4. The highest BCUT2D eigenvalue weighted by atomic mass is 32.1. The molecule has 1 aliphatic heterocycles. The molecule has 2 aromatic heterocycles. The number of amides is 4. The number of carbonyl (C=O) groups is 3. The third kappa shape index (κ3) is 5.73. The van der Waals surface area contributed by atoms with Crippen LogP contribution in [0.15, 0.2) is 34.9 Å². The summed E-state index contributed by atoms with van der Waals surface area (Å²) in [5.74, 6) is 0.913. The third-order valence-corrected chi connectivity index (χ3v) is 7.17. The zero-order valence-electron chi connectivity index (χ0n) is 22.9. The summed E-state index contributed by atoms with van der Waals surface area (Å²) in [7, 11) is 4.57. The molecule has 0 spiro atoms. The number of nitrogen functional groups attached to an aromatic ring is 1. The molecule has 1 saturated heterocycles. The van der Waals surface area contributed by atoms with E-state index in [1.165, 1.54) is 32.7 Å². The van der Waals surface area contributed by atoms with Gasteiger partial charge in [0.25, 0.3) is 5.89 Å². The number of methoxy groups -OCH3 is 3.